The molecule has 0 bridgehead atoms. The number of hydrogen-bond donors (Lipinski definition) is 3. The van der Waals surface area contributed by atoms with Crippen LogP contribution in [0, 0.1) is 18.8 Å². The summed E-state index contributed by atoms with van der Waals surface area (Å²) in [6, 6.07) is 0. The van der Waals surface area contributed by atoms with Gasteiger partial charge in [0.25, 0.3) is 5.56 Å². The minimum Gasteiger partial charge on any atom is -0.395 e. The third-order valence-corrected chi connectivity index (χ3v) is 5.93. The molecule has 1 aliphatic heterocycles. The summed E-state index contributed by atoms with van der Waals surface area (Å²) in [4.78, 5) is 34.4. The minimum atomic E-state index is -0.351. The number of hydrogen-bond acceptors (Lipinski definition) is 6. The van der Waals surface area contributed by atoms with Gasteiger partial charge in [0.2, 0.25) is 11.9 Å². The van der Waals surface area contributed by atoms with E-state index in [-0.39, 0.29) is 29.0 Å². The Balaban J connectivity index is 0.000000406. The van der Waals surface area contributed by atoms with Crippen LogP contribution in [0.25, 0.3) is 0 Å². The number of carbonyl (C=O) groups is 1. The molecule has 0 aliphatic carbocycles. The summed E-state index contributed by atoms with van der Waals surface area (Å²) >= 11 is 1.92. The maximum Gasteiger partial charge on any atom is 0.278 e. The minimum absolute atomic E-state index is 0.161. The SMILES string of the molecule is CC1CCC(CO)S1.CCC(C)C=Nc1c(C)nc(NC(=O)C(C)C)[nH]c1=O. The Morgan fingerprint density at radius 1 is 1.43 bits per heavy atom. The van der Waals surface area contributed by atoms with E-state index in [1.54, 1.807) is 27.0 Å². The van der Waals surface area contributed by atoms with Gasteiger partial charge >= 0.3 is 0 Å². The Labute approximate surface area is 171 Å². The van der Waals surface area contributed by atoms with Crippen LogP contribution < -0.4 is 10.9 Å². The number of nitrogens with one attached hydrogen (secondary N) is 2. The first-order valence-electron chi connectivity index (χ1n) is 9.90. The summed E-state index contributed by atoms with van der Waals surface area (Å²) in [7, 11) is 0. The van der Waals surface area contributed by atoms with Gasteiger partial charge in [0.1, 0.15) is 5.69 Å². The average Bonchev–Trinajstić information content (AvgIpc) is 3.06. The van der Waals surface area contributed by atoms with E-state index in [0.717, 1.165) is 11.7 Å². The molecular weight excluding hydrogens is 376 g/mol. The number of amides is 1. The molecule has 3 unspecified atom stereocenters. The lowest BCUT2D eigenvalue weighted by molar-refractivity contribution is -0.118. The van der Waals surface area contributed by atoms with Crippen LogP contribution >= 0.6 is 11.8 Å². The molecule has 1 saturated heterocycles. The number of thioether (sulfide) groups is 1. The first kappa shape index (κ1) is 24.4. The molecule has 2 heterocycles. The highest BCUT2D eigenvalue weighted by Gasteiger charge is 2.20. The summed E-state index contributed by atoms with van der Waals surface area (Å²) in [5.41, 5.74) is 0.427. The molecule has 1 aromatic heterocycles. The molecule has 1 aliphatic rings. The van der Waals surface area contributed by atoms with Gasteiger partial charge in [-0.15, -0.1) is 0 Å². The lowest BCUT2D eigenvalue weighted by Gasteiger charge is -2.08. The zero-order valence-corrected chi connectivity index (χ0v) is 18.6. The van der Waals surface area contributed by atoms with Gasteiger partial charge in [0.05, 0.1) is 12.3 Å². The predicted molar refractivity (Wildman–Crippen MR) is 118 cm³/mol. The van der Waals surface area contributed by atoms with Gasteiger partial charge in [0, 0.05) is 22.6 Å². The first-order valence-corrected chi connectivity index (χ1v) is 10.8. The van der Waals surface area contributed by atoms with Crippen LogP contribution in [-0.4, -0.2) is 44.3 Å². The van der Waals surface area contributed by atoms with E-state index >= 15 is 0 Å². The summed E-state index contributed by atoms with van der Waals surface area (Å²) in [6.45, 7) is 11.9. The molecule has 8 heteroatoms. The highest BCUT2D eigenvalue weighted by Crippen LogP contribution is 2.32. The van der Waals surface area contributed by atoms with Crippen molar-refractivity contribution in [3.8, 4) is 0 Å². The molecule has 0 radical (unpaired) electrons. The molecule has 1 fully saturated rings. The lowest BCUT2D eigenvalue weighted by atomic mass is 10.1. The van der Waals surface area contributed by atoms with Crippen molar-refractivity contribution in [2.75, 3.05) is 11.9 Å². The summed E-state index contributed by atoms with van der Waals surface area (Å²) in [6.07, 6.45) is 5.19. The van der Waals surface area contributed by atoms with Gasteiger partial charge < -0.3 is 5.11 Å². The molecule has 3 N–H and O–H groups in total. The van der Waals surface area contributed by atoms with E-state index < -0.39 is 0 Å². The number of aliphatic imine (C=N–C) groups is 1. The van der Waals surface area contributed by atoms with Gasteiger partial charge in [-0.3, -0.25) is 24.9 Å². The Morgan fingerprint density at radius 3 is 2.54 bits per heavy atom. The monoisotopic (exact) mass is 410 g/mol. The second kappa shape index (κ2) is 12.0. The molecule has 28 heavy (non-hydrogen) atoms. The maximum absolute atomic E-state index is 12.0. The standard InChI is InChI=1S/C14H22N4O2.C6H12OS/c1-6-9(4)7-15-11-10(5)16-14(18-13(11)20)17-12(19)8(2)3;1-5-2-3-6(4-7)8-5/h7-9H,6H2,1-5H3,(H2,16,17,18,19,20);5-7H,2-4H2,1H3. The fourth-order valence-electron chi connectivity index (χ4n) is 2.38. The number of rotatable bonds is 6. The topological polar surface area (TPSA) is 107 Å². The molecular formula is C20H34N4O3S. The number of anilines is 1. The molecule has 0 spiro atoms. The van der Waals surface area contributed by atoms with Crippen LogP contribution in [0.5, 0.6) is 0 Å². The molecule has 2 rings (SSSR count). The number of aliphatic hydroxyl groups excluding tert-OH is 1. The first-order chi connectivity index (χ1) is 13.2. The highest BCUT2D eigenvalue weighted by atomic mass is 32.2. The fraction of sp³-hybridized carbons (Fsp3) is 0.700. The molecule has 1 aromatic rings. The van der Waals surface area contributed by atoms with Crippen LogP contribution in [0.2, 0.25) is 0 Å². The van der Waals surface area contributed by atoms with E-state index in [1.165, 1.54) is 12.8 Å². The lowest BCUT2D eigenvalue weighted by Crippen LogP contribution is -2.22. The number of nitrogens with zero attached hydrogens (tertiary/aromatic N) is 2. The zero-order valence-electron chi connectivity index (χ0n) is 17.8. The van der Waals surface area contributed by atoms with E-state index in [0.29, 0.717) is 23.5 Å². The number of aryl methyl sites for hydroxylation is 1. The van der Waals surface area contributed by atoms with Crippen molar-refractivity contribution >= 4 is 35.5 Å². The number of aliphatic hydroxyl groups is 1. The van der Waals surface area contributed by atoms with Crippen LogP contribution in [0.4, 0.5) is 11.6 Å². The zero-order chi connectivity index (χ0) is 21.3. The second-order valence-corrected chi connectivity index (χ2v) is 9.23. The number of carbonyl (C=O) groups excluding carboxylic acids is 1. The van der Waals surface area contributed by atoms with Gasteiger partial charge in [0.15, 0.2) is 0 Å². The van der Waals surface area contributed by atoms with Crippen molar-refractivity contribution in [2.45, 2.75) is 71.3 Å². The average molecular weight is 411 g/mol. The second-order valence-electron chi connectivity index (χ2n) is 7.48. The molecule has 1 amide bonds. The summed E-state index contributed by atoms with van der Waals surface area (Å²) < 4.78 is 0. The van der Waals surface area contributed by atoms with E-state index in [4.69, 9.17) is 5.11 Å². The van der Waals surface area contributed by atoms with Crippen molar-refractivity contribution in [3.63, 3.8) is 0 Å². The number of aromatic amines is 1. The van der Waals surface area contributed by atoms with Crippen LogP contribution in [-0.2, 0) is 4.79 Å². The molecule has 158 valence electrons. The van der Waals surface area contributed by atoms with E-state index in [2.05, 4.69) is 34.1 Å². The number of aromatic nitrogens is 2. The predicted octanol–water partition coefficient (Wildman–Crippen LogP) is 3.68. The Morgan fingerprint density at radius 2 is 2.11 bits per heavy atom. The van der Waals surface area contributed by atoms with Gasteiger partial charge in [-0.1, -0.05) is 34.6 Å². The summed E-state index contributed by atoms with van der Waals surface area (Å²) in [5, 5.41) is 12.6. The van der Waals surface area contributed by atoms with Crippen LogP contribution in [0.15, 0.2) is 9.79 Å². The van der Waals surface area contributed by atoms with Crippen molar-refractivity contribution < 1.29 is 9.90 Å². The maximum atomic E-state index is 12.0. The van der Waals surface area contributed by atoms with Gasteiger partial charge in [-0.25, -0.2) is 4.98 Å². The fourth-order valence-corrected chi connectivity index (χ4v) is 3.67. The van der Waals surface area contributed by atoms with Crippen LogP contribution in [0.1, 0.15) is 59.6 Å². The molecule has 7 nitrogen and oxygen atoms in total. The van der Waals surface area contributed by atoms with Crippen molar-refractivity contribution in [1.29, 1.82) is 0 Å². The Hall–Kier alpha value is -1.67. The van der Waals surface area contributed by atoms with Crippen molar-refractivity contribution in [1.82, 2.24) is 9.97 Å². The van der Waals surface area contributed by atoms with E-state index in [1.807, 2.05) is 18.7 Å². The van der Waals surface area contributed by atoms with Gasteiger partial charge in [-0.2, -0.15) is 11.8 Å². The van der Waals surface area contributed by atoms with Crippen molar-refractivity contribution in [3.05, 3.63) is 16.0 Å². The summed E-state index contributed by atoms with van der Waals surface area (Å²) in [5.74, 6) is 0.0925. The van der Waals surface area contributed by atoms with Gasteiger partial charge in [-0.05, 0) is 32.1 Å². The van der Waals surface area contributed by atoms with E-state index in [9.17, 15) is 9.59 Å². The highest BCUT2D eigenvalue weighted by molar-refractivity contribution is 8.00. The van der Waals surface area contributed by atoms with Crippen LogP contribution in [0.3, 0.4) is 0 Å². The quantitative estimate of drug-likeness (QED) is 0.620. The molecule has 0 saturated carbocycles. The smallest absolute Gasteiger partial charge is 0.278 e. The Bertz CT molecular complexity index is 718. The largest absolute Gasteiger partial charge is 0.395 e. The molecule has 0 aromatic carbocycles. The molecule has 3 atom stereocenters. The third kappa shape index (κ3) is 8.14. The number of H-pyrrole nitrogens is 1. The van der Waals surface area contributed by atoms with Crippen molar-refractivity contribution in [2.24, 2.45) is 16.8 Å². The Kier molecular flexibility index (Phi) is 10.5. The third-order valence-electron chi connectivity index (χ3n) is 4.46. The normalized spacial score (nSPS) is 20.1.